The van der Waals surface area contributed by atoms with Gasteiger partial charge in [0.15, 0.2) is 5.96 Å². The van der Waals surface area contributed by atoms with Crippen molar-refractivity contribution in [1.29, 1.82) is 0 Å². The minimum absolute atomic E-state index is 0.669. The van der Waals surface area contributed by atoms with E-state index in [1.165, 1.54) is 0 Å². The van der Waals surface area contributed by atoms with E-state index < -0.39 is 0 Å². The lowest BCUT2D eigenvalue weighted by Gasteiger charge is -2.12. The minimum atomic E-state index is 0.669. The highest BCUT2D eigenvalue weighted by atomic mass is 32.2. The molecule has 1 aromatic rings. The molecule has 6 heteroatoms. The summed E-state index contributed by atoms with van der Waals surface area (Å²) in [6.45, 7) is 3.01. The van der Waals surface area contributed by atoms with Gasteiger partial charge in [-0.05, 0) is 24.0 Å². The van der Waals surface area contributed by atoms with E-state index in [9.17, 15) is 0 Å². The zero-order valence-electron chi connectivity index (χ0n) is 13.7. The summed E-state index contributed by atoms with van der Waals surface area (Å²) in [4.78, 5) is 4.21. The highest BCUT2D eigenvalue weighted by Gasteiger charge is 2.00. The number of rotatable bonds is 10. The summed E-state index contributed by atoms with van der Waals surface area (Å²) >= 11 is 1.81. The molecular weight excluding hydrogens is 298 g/mol. The molecule has 5 nitrogen and oxygen atoms in total. The van der Waals surface area contributed by atoms with Crippen molar-refractivity contribution in [2.24, 2.45) is 4.99 Å². The molecule has 22 heavy (non-hydrogen) atoms. The highest BCUT2D eigenvalue weighted by Crippen LogP contribution is 2.13. The molecule has 0 spiro atoms. The molecule has 0 heterocycles. The van der Waals surface area contributed by atoms with Gasteiger partial charge in [0.2, 0.25) is 0 Å². The fraction of sp³-hybridized carbons (Fsp3) is 0.562. The van der Waals surface area contributed by atoms with E-state index in [1.807, 2.05) is 23.9 Å². The normalized spacial score (nSPS) is 11.3. The standard InChI is InChI=1S/C16H27N3O2S/c1-17-16(18-8-11-22-3)19-13-14-6-4-7-15(12-14)21-10-5-9-20-2/h4,6-7,12H,5,8-11,13H2,1-3H3,(H2,17,18,19). The molecule has 0 aliphatic rings. The second-order valence-electron chi connectivity index (χ2n) is 4.69. The topological polar surface area (TPSA) is 54.9 Å². The van der Waals surface area contributed by atoms with Crippen molar-refractivity contribution in [3.05, 3.63) is 29.8 Å². The molecule has 0 saturated carbocycles. The molecular formula is C16H27N3O2S. The Kier molecular flexibility index (Phi) is 10.3. The van der Waals surface area contributed by atoms with Crippen LogP contribution in [0.15, 0.2) is 29.3 Å². The molecule has 0 aromatic heterocycles. The number of benzene rings is 1. The molecule has 0 saturated heterocycles. The van der Waals surface area contributed by atoms with Crippen LogP contribution in [0.2, 0.25) is 0 Å². The summed E-state index contributed by atoms with van der Waals surface area (Å²) in [5.74, 6) is 2.77. The number of thioether (sulfide) groups is 1. The van der Waals surface area contributed by atoms with Crippen LogP contribution in [-0.2, 0) is 11.3 Å². The second kappa shape index (κ2) is 12.2. The van der Waals surface area contributed by atoms with Gasteiger partial charge >= 0.3 is 0 Å². The SMILES string of the molecule is CN=C(NCCSC)NCc1cccc(OCCCOC)c1. The van der Waals surface area contributed by atoms with Crippen LogP contribution in [0.3, 0.4) is 0 Å². The van der Waals surface area contributed by atoms with Crippen molar-refractivity contribution in [1.82, 2.24) is 10.6 Å². The average Bonchev–Trinajstić information content (AvgIpc) is 2.55. The van der Waals surface area contributed by atoms with Gasteiger partial charge in [0.25, 0.3) is 0 Å². The average molecular weight is 325 g/mol. The molecule has 1 rings (SSSR count). The number of nitrogens with zero attached hydrogens (tertiary/aromatic N) is 1. The predicted octanol–water partition coefficient (Wildman–Crippen LogP) is 2.13. The van der Waals surface area contributed by atoms with Crippen LogP contribution in [0.25, 0.3) is 0 Å². The van der Waals surface area contributed by atoms with E-state index in [0.717, 1.165) is 42.6 Å². The van der Waals surface area contributed by atoms with Crippen LogP contribution in [0, 0.1) is 0 Å². The Morgan fingerprint density at radius 3 is 2.86 bits per heavy atom. The van der Waals surface area contributed by atoms with Crippen LogP contribution in [0.4, 0.5) is 0 Å². The zero-order valence-corrected chi connectivity index (χ0v) is 14.5. The minimum Gasteiger partial charge on any atom is -0.493 e. The van der Waals surface area contributed by atoms with Crippen LogP contribution in [0.5, 0.6) is 5.75 Å². The quantitative estimate of drug-likeness (QED) is 0.392. The van der Waals surface area contributed by atoms with Gasteiger partial charge in [0.05, 0.1) is 6.61 Å². The maximum atomic E-state index is 5.70. The summed E-state index contributed by atoms with van der Waals surface area (Å²) in [6.07, 6.45) is 2.99. The van der Waals surface area contributed by atoms with E-state index in [4.69, 9.17) is 9.47 Å². The molecule has 0 atom stereocenters. The Bertz CT molecular complexity index is 441. The van der Waals surface area contributed by atoms with E-state index >= 15 is 0 Å². The Morgan fingerprint density at radius 2 is 2.14 bits per heavy atom. The van der Waals surface area contributed by atoms with Crippen molar-refractivity contribution in [3.63, 3.8) is 0 Å². The summed E-state index contributed by atoms with van der Waals surface area (Å²) in [6, 6.07) is 8.10. The Balaban J connectivity index is 2.38. The molecule has 0 fully saturated rings. The third-order valence-corrected chi connectivity index (χ3v) is 3.55. The molecule has 124 valence electrons. The van der Waals surface area contributed by atoms with E-state index in [2.05, 4.69) is 34.0 Å². The number of methoxy groups -OCH3 is 1. The summed E-state index contributed by atoms with van der Waals surface area (Å²) < 4.78 is 10.7. The third kappa shape index (κ3) is 8.14. The first-order chi connectivity index (χ1) is 10.8. The van der Waals surface area contributed by atoms with Gasteiger partial charge in [-0.2, -0.15) is 11.8 Å². The van der Waals surface area contributed by atoms with Gasteiger partial charge in [-0.1, -0.05) is 12.1 Å². The third-order valence-electron chi connectivity index (χ3n) is 2.94. The van der Waals surface area contributed by atoms with Crippen molar-refractivity contribution >= 4 is 17.7 Å². The number of nitrogens with one attached hydrogen (secondary N) is 2. The smallest absolute Gasteiger partial charge is 0.191 e. The van der Waals surface area contributed by atoms with E-state index in [1.54, 1.807) is 14.2 Å². The van der Waals surface area contributed by atoms with Gasteiger partial charge < -0.3 is 20.1 Å². The molecule has 0 aliphatic heterocycles. The summed E-state index contributed by atoms with van der Waals surface area (Å²) in [5, 5.41) is 6.58. The van der Waals surface area contributed by atoms with E-state index in [-0.39, 0.29) is 0 Å². The number of ether oxygens (including phenoxy) is 2. The van der Waals surface area contributed by atoms with Crippen molar-refractivity contribution in [2.45, 2.75) is 13.0 Å². The molecule has 2 N–H and O–H groups in total. The lowest BCUT2D eigenvalue weighted by molar-refractivity contribution is 0.172. The maximum absolute atomic E-state index is 5.70. The first-order valence-electron chi connectivity index (χ1n) is 7.44. The largest absolute Gasteiger partial charge is 0.493 e. The molecule has 0 bridgehead atoms. The van der Waals surface area contributed by atoms with Crippen LogP contribution in [0.1, 0.15) is 12.0 Å². The lowest BCUT2D eigenvalue weighted by atomic mass is 10.2. The van der Waals surface area contributed by atoms with Crippen molar-refractivity contribution in [2.75, 3.05) is 45.9 Å². The number of aliphatic imine (C=N–C) groups is 1. The molecule has 0 unspecified atom stereocenters. The number of hydrogen-bond acceptors (Lipinski definition) is 4. The fourth-order valence-corrected chi connectivity index (χ4v) is 2.12. The first-order valence-corrected chi connectivity index (χ1v) is 8.83. The monoisotopic (exact) mass is 325 g/mol. The Labute approximate surface area is 137 Å². The van der Waals surface area contributed by atoms with Gasteiger partial charge in [0, 0.05) is 46.0 Å². The lowest BCUT2D eigenvalue weighted by Crippen LogP contribution is -2.37. The second-order valence-corrected chi connectivity index (χ2v) is 5.67. The van der Waals surface area contributed by atoms with E-state index in [0.29, 0.717) is 13.2 Å². The first kappa shape index (κ1) is 18.6. The number of hydrogen-bond donors (Lipinski definition) is 2. The fourth-order valence-electron chi connectivity index (χ4n) is 1.82. The zero-order chi connectivity index (χ0) is 16.0. The van der Waals surface area contributed by atoms with Gasteiger partial charge in [0.1, 0.15) is 5.75 Å². The molecule has 0 aliphatic carbocycles. The molecule has 0 amide bonds. The van der Waals surface area contributed by atoms with Gasteiger partial charge in [-0.3, -0.25) is 4.99 Å². The van der Waals surface area contributed by atoms with Crippen LogP contribution in [-0.4, -0.2) is 51.9 Å². The molecule has 1 aromatic carbocycles. The van der Waals surface area contributed by atoms with Gasteiger partial charge in [-0.15, -0.1) is 0 Å². The molecule has 0 radical (unpaired) electrons. The van der Waals surface area contributed by atoms with Crippen molar-refractivity contribution < 1.29 is 9.47 Å². The predicted molar refractivity (Wildman–Crippen MR) is 95.0 cm³/mol. The maximum Gasteiger partial charge on any atom is 0.191 e. The van der Waals surface area contributed by atoms with Crippen LogP contribution >= 0.6 is 11.8 Å². The Hall–Kier alpha value is -1.40. The van der Waals surface area contributed by atoms with Crippen LogP contribution < -0.4 is 15.4 Å². The Morgan fingerprint density at radius 1 is 1.27 bits per heavy atom. The summed E-state index contributed by atoms with van der Waals surface area (Å²) in [5.41, 5.74) is 1.16. The highest BCUT2D eigenvalue weighted by molar-refractivity contribution is 7.98. The van der Waals surface area contributed by atoms with Crippen molar-refractivity contribution in [3.8, 4) is 5.75 Å². The van der Waals surface area contributed by atoms with Gasteiger partial charge in [-0.25, -0.2) is 0 Å². The summed E-state index contributed by atoms with van der Waals surface area (Å²) in [7, 11) is 3.48. The number of guanidine groups is 1.